The number of nitrogens with zero attached hydrogens (tertiary/aromatic N) is 2. The number of benzene rings is 3. The van der Waals surface area contributed by atoms with Gasteiger partial charge in [-0.25, -0.2) is 4.39 Å². The van der Waals surface area contributed by atoms with E-state index < -0.39 is 5.97 Å². The molecule has 2 N–H and O–H groups in total. The summed E-state index contributed by atoms with van der Waals surface area (Å²) in [5.74, 6) is -0.210. The first kappa shape index (κ1) is 21.4. The summed E-state index contributed by atoms with van der Waals surface area (Å²) in [4.78, 5) is 15.1. The molecule has 0 amide bonds. The van der Waals surface area contributed by atoms with Crippen LogP contribution in [0.1, 0.15) is 17.5 Å². The average Bonchev–Trinajstić information content (AvgIpc) is 3.27. The van der Waals surface area contributed by atoms with Crippen LogP contribution < -0.4 is 5.32 Å². The molecule has 0 aliphatic rings. The first-order valence-electron chi connectivity index (χ1n) is 10.2. The van der Waals surface area contributed by atoms with Crippen molar-refractivity contribution < 1.29 is 18.8 Å². The van der Waals surface area contributed by atoms with Crippen molar-refractivity contribution in [3.8, 4) is 34.0 Å². The van der Waals surface area contributed by atoms with Crippen LogP contribution in [0.5, 0.6) is 0 Å². The fourth-order valence-electron chi connectivity index (χ4n) is 3.42. The summed E-state index contributed by atoms with van der Waals surface area (Å²) in [5, 5.41) is 15.9. The van der Waals surface area contributed by atoms with E-state index in [0.717, 1.165) is 27.8 Å². The normalized spacial score (nSPS) is 10.9. The van der Waals surface area contributed by atoms with Crippen molar-refractivity contribution in [2.45, 2.75) is 19.9 Å². The Bertz CT molecular complexity index is 1240. The minimum absolute atomic E-state index is 0.0877. The number of halogens is 1. The van der Waals surface area contributed by atoms with Crippen LogP contribution in [0.3, 0.4) is 0 Å². The van der Waals surface area contributed by atoms with E-state index in [0.29, 0.717) is 30.4 Å². The molecule has 0 atom stereocenters. The van der Waals surface area contributed by atoms with E-state index in [4.69, 9.17) is 9.63 Å². The molecule has 0 saturated carbocycles. The first-order valence-corrected chi connectivity index (χ1v) is 10.2. The van der Waals surface area contributed by atoms with E-state index in [1.54, 1.807) is 12.1 Å². The van der Waals surface area contributed by atoms with Crippen molar-refractivity contribution in [1.29, 1.82) is 0 Å². The smallest absolute Gasteiger partial charge is 0.304 e. The molecule has 3 aromatic carbocycles. The van der Waals surface area contributed by atoms with Crippen LogP contribution in [-0.2, 0) is 11.3 Å². The third-order valence-electron chi connectivity index (χ3n) is 5.12. The van der Waals surface area contributed by atoms with Crippen molar-refractivity contribution in [3.63, 3.8) is 0 Å². The van der Waals surface area contributed by atoms with E-state index in [-0.39, 0.29) is 12.2 Å². The lowest BCUT2D eigenvalue weighted by Crippen LogP contribution is -2.17. The van der Waals surface area contributed by atoms with Crippen LogP contribution in [0, 0.1) is 12.7 Å². The molecule has 1 aromatic heterocycles. The Kier molecular flexibility index (Phi) is 6.37. The molecule has 0 saturated heterocycles. The largest absolute Gasteiger partial charge is 0.481 e. The van der Waals surface area contributed by atoms with Gasteiger partial charge in [0, 0.05) is 29.8 Å². The molecule has 1 heterocycles. The van der Waals surface area contributed by atoms with E-state index in [9.17, 15) is 9.18 Å². The molecule has 162 valence electrons. The predicted molar refractivity (Wildman–Crippen MR) is 119 cm³/mol. The van der Waals surface area contributed by atoms with Gasteiger partial charge in [0.1, 0.15) is 5.82 Å². The van der Waals surface area contributed by atoms with Gasteiger partial charge < -0.3 is 14.9 Å². The highest BCUT2D eigenvalue weighted by atomic mass is 19.1. The molecule has 7 heteroatoms. The molecule has 0 spiro atoms. The van der Waals surface area contributed by atoms with Gasteiger partial charge in [-0.1, -0.05) is 59.8 Å². The Hall–Kier alpha value is -3.84. The fourth-order valence-corrected chi connectivity index (χ4v) is 3.42. The van der Waals surface area contributed by atoms with Gasteiger partial charge >= 0.3 is 5.97 Å². The van der Waals surface area contributed by atoms with Crippen LogP contribution in [0.25, 0.3) is 34.0 Å². The van der Waals surface area contributed by atoms with Crippen molar-refractivity contribution in [2.24, 2.45) is 0 Å². The second-order valence-corrected chi connectivity index (χ2v) is 7.45. The monoisotopic (exact) mass is 431 g/mol. The van der Waals surface area contributed by atoms with Gasteiger partial charge in [0.15, 0.2) is 0 Å². The first-order chi connectivity index (χ1) is 15.5. The van der Waals surface area contributed by atoms with Crippen LogP contribution >= 0.6 is 0 Å². The average molecular weight is 431 g/mol. The number of hydrogen-bond acceptors (Lipinski definition) is 5. The zero-order valence-corrected chi connectivity index (χ0v) is 17.5. The van der Waals surface area contributed by atoms with Gasteiger partial charge in [0.25, 0.3) is 5.89 Å². The molecular weight excluding hydrogens is 409 g/mol. The molecule has 4 aromatic rings. The number of nitrogens with one attached hydrogen (secondary N) is 1. The summed E-state index contributed by atoms with van der Waals surface area (Å²) in [6.07, 6.45) is 0.0877. The number of carboxylic acids is 1. The second-order valence-electron chi connectivity index (χ2n) is 7.45. The third-order valence-corrected chi connectivity index (χ3v) is 5.12. The lowest BCUT2D eigenvalue weighted by Gasteiger charge is -2.07. The molecule has 0 radical (unpaired) electrons. The van der Waals surface area contributed by atoms with Gasteiger partial charge in [-0.15, -0.1) is 0 Å². The second kappa shape index (κ2) is 9.53. The Morgan fingerprint density at radius 2 is 1.78 bits per heavy atom. The molecule has 0 aliphatic heterocycles. The van der Waals surface area contributed by atoms with Gasteiger partial charge in [0.05, 0.1) is 6.42 Å². The zero-order valence-electron chi connectivity index (χ0n) is 17.5. The van der Waals surface area contributed by atoms with E-state index >= 15 is 0 Å². The van der Waals surface area contributed by atoms with Gasteiger partial charge in [0.2, 0.25) is 5.82 Å². The highest BCUT2D eigenvalue weighted by molar-refractivity contribution is 5.71. The molecule has 0 aliphatic carbocycles. The fraction of sp³-hybridized carbons (Fsp3) is 0.160. The Morgan fingerprint density at radius 3 is 2.50 bits per heavy atom. The summed E-state index contributed by atoms with van der Waals surface area (Å²) < 4.78 is 19.6. The Balaban J connectivity index is 1.48. The predicted octanol–water partition coefficient (Wildman–Crippen LogP) is 5.08. The van der Waals surface area contributed by atoms with Gasteiger partial charge in [-0.05, 0) is 35.7 Å². The number of carboxylic acid groups (broad SMARTS) is 1. The molecular formula is C25H22FN3O3. The van der Waals surface area contributed by atoms with Crippen molar-refractivity contribution >= 4 is 5.97 Å². The minimum atomic E-state index is -0.821. The minimum Gasteiger partial charge on any atom is -0.481 e. The number of rotatable bonds is 8. The summed E-state index contributed by atoms with van der Waals surface area (Å²) >= 11 is 0. The molecule has 0 unspecified atom stereocenters. The number of carbonyl (C=O) groups is 1. The number of hydrogen-bond donors (Lipinski definition) is 2. The van der Waals surface area contributed by atoms with Crippen molar-refractivity contribution in [2.75, 3.05) is 6.54 Å². The number of aromatic nitrogens is 2. The lowest BCUT2D eigenvalue weighted by atomic mass is 9.99. The zero-order chi connectivity index (χ0) is 22.5. The summed E-state index contributed by atoms with van der Waals surface area (Å²) in [5.41, 5.74) is 4.88. The Morgan fingerprint density at radius 1 is 1.03 bits per heavy atom. The summed E-state index contributed by atoms with van der Waals surface area (Å²) in [6, 6.07) is 20.0. The lowest BCUT2D eigenvalue weighted by molar-refractivity contribution is -0.136. The quantitative estimate of drug-likeness (QED) is 0.378. The van der Waals surface area contributed by atoms with Crippen LogP contribution in [0.15, 0.2) is 71.3 Å². The standard InChI is InChI=1S/C25H22FN3O3/c1-16-14-19(21-4-2-3-5-22(21)26)10-11-20(16)25-28-24(29-32-25)18-8-6-17(7-9-18)15-27-13-12-23(30)31/h2-11,14,27H,12-13,15H2,1H3,(H,30,31). The SMILES string of the molecule is Cc1cc(-c2ccccc2F)ccc1-c1nc(-c2ccc(CNCCC(=O)O)cc2)no1. The van der Waals surface area contributed by atoms with Crippen LogP contribution in [0.2, 0.25) is 0 Å². The molecule has 0 fully saturated rings. The number of aryl methyl sites for hydroxylation is 1. The highest BCUT2D eigenvalue weighted by Crippen LogP contribution is 2.30. The molecule has 4 rings (SSSR count). The summed E-state index contributed by atoms with van der Waals surface area (Å²) in [6.45, 7) is 2.93. The van der Waals surface area contributed by atoms with Crippen LogP contribution in [0.4, 0.5) is 4.39 Å². The van der Waals surface area contributed by atoms with Crippen molar-refractivity contribution in [3.05, 3.63) is 83.7 Å². The molecule has 0 bridgehead atoms. The van der Waals surface area contributed by atoms with E-state index in [1.807, 2.05) is 55.5 Å². The van der Waals surface area contributed by atoms with Crippen LogP contribution in [-0.4, -0.2) is 27.8 Å². The number of aliphatic carboxylic acids is 1. The maximum Gasteiger partial charge on any atom is 0.304 e. The van der Waals surface area contributed by atoms with Crippen molar-refractivity contribution in [1.82, 2.24) is 15.5 Å². The van der Waals surface area contributed by atoms with E-state index in [2.05, 4.69) is 15.5 Å². The topological polar surface area (TPSA) is 88.2 Å². The molecule has 6 nitrogen and oxygen atoms in total. The van der Waals surface area contributed by atoms with Gasteiger partial charge in [-0.2, -0.15) is 4.98 Å². The van der Waals surface area contributed by atoms with E-state index in [1.165, 1.54) is 6.07 Å². The van der Waals surface area contributed by atoms with Gasteiger partial charge in [-0.3, -0.25) is 4.79 Å². The highest BCUT2D eigenvalue weighted by Gasteiger charge is 2.14. The third kappa shape index (κ3) is 4.90. The summed E-state index contributed by atoms with van der Waals surface area (Å²) in [7, 11) is 0. The Labute approximate surface area is 184 Å². The maximum absolute atomic E-state index is 14.1. The maximum atomic E-state index is 14.1. The molecule has 32 heavy (non-hydrogen) atoms.